The van der Waals surface area contributed by atoms with Crippen molar-refractivity contribution in [1.29, 1.82) is 0 Å². The molecule has 0 unspecified atom stereocenters. The smallest absolute Gasteiger partial charge is 0.402 e. The van der Waals surface area contributed by atoms with Gasteiger partial charge in [0.2, 0.25) is 0 Å². The van der Waals surface area contributed by atoms with Crippen molar-refractivity contribution in [2.75, 3.05) is 13.2 Å². The molecule has 48 valence electrons. The van der Waals surface area contributed by atoms with Crippen LogP contribution in [0.25, 0.3) is 0 Å². The molecule has 0 aliphatic rings. The molecule has 8 heavy (non-hydrogen) atoms. The van der Waals surface area contributed by atoms with Gasteiger partial charge in [-0.25, -0.2) is 0 Å². The molecular weight excluding hydrogens is 109 g/mol. The molecule has 0 aliphatic heterocycles. The normalized spacial score (nSPS) is 9.38. The molecule has 0 aromatic heterocycles. The summed E-state index contributed by atoms with van der Waals surface area (Å²) in [7, 11) is -1.65. The molecule has 0 aliphatic carbocycles. The Kier molecular flexibility index (Phi) is 4.99. The number of rotatable bonds is 4. The van der Waals surface area contributed by atoms with E-state index in [0.717, 1.165) is 0 Å². The summed E-state index contributed by atoms with van der Waals surface area (Å²) in [6.45, 7) is 0.806. The van der Waals surface area contributed by atoms with Gasteiger partial charge in [0.1, 0.15) is 0 Å². The van der Waals surface area contributed by atoms with Crippen LogP contribution in [0.4, 0.5) is 0 Å². The van der Waals surface area contributed by atoms with Crippen LogP contribution in [-0.2, 0) is 4.65 Å². The van der Waals surface area contributed by atoms with E-state index in [2.05, 4.69) is 4.65 Å². The lowest BCUT2D eigenvalue weighted by Crippen LogP contribution is -2.18. The zero-order chi connectivity index (χ0) is 6.41. The van der Waals surface area contributed by atoms with Gasteiger partial charge in [-0.1, -0.05) is 0 Å². The molecule has 0 heterocycles. The third-order valence-corrected chi connectivity index (χ3v) is 0.615. The summed E-state index contributed by atoms with van der Waals surface area (Å²) in [4.78, 5) is 0. The van der Waals surface area contributed by atoms with Gasteiger partial charge < -0.3 is 20.4 Å². The van der Waals surface area contributed by atoms with Crippen LogP contribution in [0.3, 0.4) is 0 Å². The molecule has 0 fully saturated rings. The van der Waals surface area contributed by atoms with Crippen molar-refractivity contribution in [3.63, 3.8) is 0 Å². The molecule has 0 spiro atoms. The van der Waals surface area contributed by atoms with E-state index in [1.54, 1.807) is 0 Å². The molecule has 0 saturated carbocycles. The van der Waals surface area contributed by atoms with Gasteiger partial charge in [0.05, 0.1) is 0 Å². The fourth-order valence-corrected chi connectivity index (χ4v) is 0.272. The van der Waals surface area contributed by atoms with E-state index in [-0.39, 0.29) is 0 Å². The van der Waals surface area contributed by atoms with E-state index >= 15 is 0 Å². The highest BCUT2D eigenvalue weighted by Crippen LogP contribution is 1.78. The zero-order valence-corrected chi connectivity index (χ0v) is 4.58. The van der Waals surface area contributed by atoms with Crippen molar-refractivity contribution in [3.8, 4) is 0 Å². The molecule has 0 rings (SSSR count). The van der Waals surface area contributed by atoms with Crippen LogP contribution in [0.15, 0.2) is 0 Å². The van der Waals surface area contributed by atoms with Gasteiger partial charge in [0.15, 0.2) is 0 Å². The summed E-state index contributed by atoms with van der Waals surface area (Å²) in [5.41, 5.74) is 5.07. The Morgan fingerprint density at radius 3 is 2.50 bits per heavy atom. The predicted octanol–water partition coefficient (Wildman–Crippen LogP) is -1.68. The second-order valence-electron chi connectivity index (χ2n) is 1.34. The van der Waals surface area contributed by atoms with Crippen LogP contribution in [0.1, 0.15) is 6.42 Å². The summed E-state index contributed by atoms with van der Waals surface area (Å²) in [6.07, 6.45) is 0.650. The van der Waals surface area contributed by atoms with Crippen molar-refractivity contribution in [2.45, 2.75) is 6.42 Å². The monoisotopic (exact) mass is 119 g/mol. The standard InChI is InChI=1S/C3H10BNO3/c5-2-1-3-8-4(6)7/h6-7H,1-3,5H2. The minimum atomic E-state index is -1.65. The second kappa shape index (κ2) is 5.05. The SMILES string of the molecule is NCCCOB(O)O. The predicted molar refractivity (Wildman–Crippen MR) is 29.8 cm³/mol. The zero-order valence-electron chi connectivity index (χ0n) is 4.58. The van der Waals surface area contributed by atoms with Gasteiger partial charge in [-0.05, 0) is 13.0 Å². The average molecular weight is 119 g/mol. The maximum Gasteiger partial charge on any atom is 0.633 e. The summed E-state index contributed by atoms with van der Waals surface area (Å²) >= 11 is 0. The maximum atomic E-state index is 8.07. The summed E-state index contributed by atoms with van der Waals surface area (Å²) < 4.78 is 4.31. The van der Waals surface area contributed by atoms with Gasteiger partial charge >= 0.3 is 7.32 Å². The Balaban J connectivity index is 2.72. The first-order valence-corrected chi connectivity index (χ1v) is 2.45. The molecule has 0 saturated heterocycles. The summed E-state index contributed by atoms with van der Waals surface area (Å²) in [5.74, 6) is 0. The van der Waals surface area contributed by atoms with Crippen LogP contribution in [-0.4, -0.2) is 30.5 Å². The quantitative estimate of drug-likeness (QED) is 0.305. The Hall–Kier alpha value is -0.0951. The second-order valence-corrected chi connectivity index (χ2v) is 1.34. The van der Waals surface area contributed by atoms with Crippen molar-refractivity contribution >= 4 is 7.32 Å². The first-order valence-electron chi connectivity index (χ1n) is 2.45. The van der Waals surface area contributed by atoms with Crippen molar-refractivity contribution in [2.24, 2.45) is 5.73 Å². The Labute approximate surface area is 48.4 Å². The van der Waals surface area contributed by atoms with Crippen LogP contribution < -0.4 is 5.73 Å². The lowest BCUT2D eigenvalue weighted by molar-refractivity contribution is 0.185. The van der Waals surface area contributed by atoms with Crippen molar-refractivity contribution in [1.82, 2.24) is 0 Å². The summed E-state index contributed by atoms with van der Waals surface area (Å²) in [5, 5.41) is 16.1. The molecule has 0 aromatic rings. The lowest BCUT2D eigenvalue weighted by atomic mass is 10.2. The van der Waals surface area contributed by atoms with Gasteiger partial charge in [-0.15, -0.1) is 0 Å². The first-order chi connectivity index (χ1) is 3.77. The van der Waals surface area contributed by atoms with E-state index in [1.807, 2.05) is 0 Å². The fourth-order valence-electron chi connectivity index (χ4n) is 0.272. The largest absolute Gasteiger partial charge is 0.633 e. The molecular formula is C3H10BNO3. The molecule has 0 aromatic carbocycles. The fraction of sp³-hybridized carbons (Fsp3) is 1.00. The Morgan fingerprint density at radius 2 is 2.12 bits per heavy atom. The van der Waals surface area contributed by atoms with Gasteiger partial charge in [-0.2, -0.15) is 0 Å². The topological polar surface area (TPSA) is 75.7 Å². The molecule has 4 nitrogen and oxygen atoms in total. The average Bonchev–Trinajstić information content (AvgIpc) is 1.66. The molecule has 0 radical (unpaired) electrons. The Morgan fingerprint density at radius 1 is 1.50 bits per heavy atom. The number of nitrogens with two attached hydrogens (primary N) is 1. The van der Waals surface area contributed by atoms with E-state index in [9.17, 15) is 0 Å². The third-order valence-electron chi connectivity index (χ3n) is 0.615. The highest BCUT2D eigenvalue weighted by Gasteiger charge is 2.05. The lowest BCUT2D eigenvalue weighted by Gasteiger charge is -1.97. The molecule has 0 amide bonds. The third kappa shape index (κ3) is 5.90. The number of hydrogen-bond acceptors (Lipinski definition) is 4. The van der Waals surface area contributed by atoms with Crippen LogP contribution in [0.2, 0.25) is 0 Å². The number of hydrogen-bond donors (Lipinski definition) is 3. The molecule has 0 atom stereocenters. The first kappa shape index (κ1) is 7.90. The van der Waals surface area contributed by atoms with E-state index in [1.165, 1.54) is 0 Å². The highest BCUT2D eigenvalue weighted by molar-refractivity contribution is 6.32. The minimum absolute atomic E-state index is 0.300. The van der Waals surface area contributed by atoms with E-state index < -0.39 is 7.32 Å². The minimum Gasteiger partial charge on any atom is -0.402 e. The van der Waals surface area contributed by atoms with Crippen molar-refractivity contribution in [3.05, 3.63) is 0 Å². The van der Waals surface area contributed by atoms with Crippen LogP contribution >= 0.6 is 0 Å². The van der Waals surface area contributed by atoms with E-state index in [4.69, 9.17) is 15.8 Å². The molecule has 4 N–H and O–H groups in total. The van der Waals surface area contributed by atoms with Crippen LogP contribution in [0.5, 0.6) is 0 Å². The van der Waals surface area contributed by atoms with Gasteiger partial charge in [0, 0.05) is 6.61 Å². The van der Waals surface area contributed by atoms with Gasteiger partial charge in [-0.3, -0.25) is 0 Å². The molecule has 5 heteroatoms. The summed E-state index contributed by atoms with van der Waals surface area (Å²) in [6, 6.07) is 0. The highest BCUT2D eigenvalue weighted by atomic mass is 16.6. The van der Waals surface area contributed by atoms with Gasteiger partial charge in [0.25, 0.3) is 0 Å². The van der Waals surface area contributed by atoms with Crippen molar-refractivity contribution < 1.29 is 14.7 Å². The Bertz CT molecular complexity index is 51.8. The van der Waals surface area contributed by atoms with E-state index in [0.29, 0.717) is 19.6 Å². The molecule has 0 bridgehead atoms. The van der Waals surface area contributed by atoms with Crippen LogP contribution in [0, 0.1) is 0 Å². The maximum absolute atomic E-state index is 8.07.